The smallest absolute Gasteiger partial charge is 0.108 e. The Morgan fingerprint density at radius 3 is 1.64 bits per heavy atom. The van der Waals surface area contributed by atoms with Gasteiger partial charge in [-0.05, 0) is 54.1 Å². The molecule has 0 atom stereocenters. The monoisotopic (exact) mass is 325 g/mol. The number of rotatable bonds is 5. The van der Waals surface area contributed by atoms with Gasteiger partial charge >= 0.3 is 0 Å². The molecule has 1 heterocycles. The van der Waals surface area contributed by atoms with Crippen molar-refractivity contribution in [1.29, 1.82) is 0 Å². The maximum absolute atomic E-state index is 5.44. The lowest BCUT2D eigenvalue weighted by molar-refractivity contribution is 0.521. The van der Waals surface area contributed by atoms with Crippen molar-refractivity contribution in [2.45, 2.75) is 6.42 Å². The number of hydrogen-bond donors (Lipinski definition) is 0. The van der Waals surface area contributed by atoms with Crippen molar-refractivity contribution < 1.29 is 4.42 Å². The van der Waals surface area contributed by atoms with Gasteiger partial charge in [-0.1, -0.05) is 48.5 Å². The first-order valence-corrected chi connectivity index (χ1v) is 8.42. The van der Waals surface area contributed by atoms with E-state index in [1.807, 2.05) is 24.3 Å². The van der Waals surface area contributed by atoms with Gasteiger partial charge in [-0.15, -0.1) is 0 Å². The molecule has 0 aliphatic rings. The Kier molecular flexibility index (Phi) is 4.34. The van der Waals surface area contributed by atoms with E-state index < -0.39 is 0 Å². The molecular weight excluding hydrogens is 306 g/mol. The first-order chi connectivity index (χ1) is 12.4. The van der Waals surface area contributed by atoms with E-state index in [0.717, 1.165) is 29.2 Å². The zero-order chi connectivity index (χ0) is 16.9. The molecule has 0 bridgehead atoms. The first kappa shape index (κ1) is 15.3. The number of nitrogens with zero attached hydrogens (tertiary/aromatic N) is 1. The lowest BCUT2D eigenvalue weighted by atomic mass is 10.1. The predicted molar refractivity (Wildman–Crippen MR) is 103 cm³/mol. The van der Waals surface area contributed by atoms with E-state index in [2.05, 4.69) is 77.7 Å². The molecule has 25 heavy (non-hydrogen) atoms. The van der Waals surface area contributed by atoms with Gasteiger partial charge in [-0.3, -0.25) is 0 Å². The van der Waals surface area contributed by atoms with Crippen LogP contribution < -0.4 is 4.90 Å². The Bertz CT molecular complexity index is 858. The van der Waals surface area contributed by atoms with E-state index in [1.165, 1.54) is 5.56 Å². The highest BCUT2D eigenvalue weighted by atomic mass is 16.3. The lowest BCUT2D eigenvalue weighted by Gasteiger charge is -2.25. The van der Waals surface area contributed by atoms with Crippen LogP contribution in [-0.4, -0.2) is 0 Å². The third-order valence-electron chi connectivity index (χ3n) is 4.18. The quantitative estimate of drug-likeness (QED) is 0.425. The van der Waals surface area contributed by atoms with Crippen molar-refractivity contribution in [3.05, 3.63) is 115 Å². The van der Waals surface area contributed by atoms with Gasteiger partial charge in [0, 0.05) is 23.5 Å². The van der Waals surface area contributed by atoms with Gasteiger partial charge in [0.2, 0.25) is 0 Å². The zero-order valence-corrected chi connectivity index (χ0v) is 13.9. The summed E-state index contributed by atoms with van der Waals surface area (Å²) in [5.74, 6) is 0.982. The second-order valence-corrected chi connectivity index (χ2v) is 5.93. The van der Waals surface area contributed by atoms with Crippen molar-refractivity contribution in [2.75, 3.05) is 4.90 Å². The fourth-order valence-electron chi connectivity index (χ4n) is 2.98. The van der Waals surface area contributed by atoms with Gasteiger partial charge in [0.15, 0.2) is 0 Å². The Labute approximate surface area is 148 Å². The molecule has 0 unspecified atom stereocenters. The minimum atomic E-state index is 0.809. The van der Waals surface area contributed by atoms with Gasteiger partial charge in [0.1, 0.15) is 5.76 Å². The lowest BCUT2D eigenvalue weighted by Crippen LogP contribution is -2.09. The molecule has 0 N–H and O–H groups in total. The van der Waals surface area contributed by atoms with Gasteiger partial charge < -0.3 is 9.32 Å². The number of para-hydroxylation sites is 2. The SMILES string of the molecule is c1ccc(N(c2ccccc2)c2ccc(Cc3ccco3)cc2)cc1. The summed E-state index contributed by atoms with van der Waals surface area (Å²) < 4.78 is 5.44. The molecule has 2 heteroatoms. The van der Waals surface area contributed by atoms with Crippen LogP contribution in [0.2, 0.25) is 0 Å². The Hall–Kier alpha value is -3.26. The van der Waals surface area contributed by atoms with Gasteiger partial charge in [0.05, 0.1) is 6.26 Å². The highest BCUT2D eigenvalue weighted by Crippen LogP contribution is 2.34. The summed E-state index contributed by atoms with van der Waals surface area (Å²) in [4.78, 5) is 2.26. The summed E-state index contributed by atoms with van der Waals surface area (Å²) in [6.07, 6.45) is 2.53. The number of anilines is 3. The Balaban J connectivity index is 1.68. The van der Waals surface area contributed by atoms with Crippen LogP contribution in [0.25, 0.3) is 0 Å². The second-order valence-electron chi connectivity index (χ2n) is 5.93. The molecule has 122 valence electrons. The molecule has 0 saturated heterocycles. The minimum Gasteiger partial charge on any atom is -0.469 e. The van der Waals surface area contributed by atoms with Crippen molar-refractivity contribution in [3.8, 4) is 0 Å². The molecule has 4 aromatic rings. The van der Waals surface area contributed by atoms with Crippen LogP contribution in [0.4, 0.5) is 17.1 Å². The molecule has 0 radical (unpaired) electrons. The summed E-state index contributed by atoms with van der Waals surface area (Å²) in [5.41, 5.74) is 4.67. The van der Waals surface area contributed by atoms with Gasteiger partial charge in [0.25, 0.3) is 0 Å². The van der Waals surface area contributed by atoms with Crippen molar-refractivity contribution >= 4 is 17.1 Å². The molecule has 0 fully saturated rings. The summed E-state index contributed by atoms with van der Waals surface area (Å²) >= 11 is 0. The van der Waals surface area contributed by atoms with E-state index in [0.29, 0.717) is 0 Å². The van der Waals surface area contributed by atoms with Gasteiger partial charge in [-0.25, -0.2) is 0 Å². The normalized spacial score (nSPS) is 10.6. The van der Waals surface area contributed by atoms with Crippen molar-refractivity contribution in [2.24, 2.45) is 0 Å². The molecule has 0 aliphatic heterocycles. The zero-order valence-electron chi connectivity index (χ0n) is 13.9. The molecule has 0 amide bonds. The third kappa shape index (κ3) is 3.48. The molecule has 2 nitrogen and oxygen atoms in total. The maximum atomic E-state index is 5.44. The molecule has 3 aromatic carbocycles. The van der Waals surface area contributed by atoms with Crippen LogP contribution >= 0.6 is 0 Å². The molecule has 0 spiro atoms. The first-order valence-electron chi connectivity index (χ1n) is 8.42. The van der Waals surface area contributed by atoms with Gasteiger partial charge in [-0.2, -0.15) is 0 Å². The standard InChI is InChI=1S/C23H19NO/c1-3-8-20(9-4-1)24(21-10-5-2-6-11-21)22-15-13-19(14-16-22)18-23-12-7-17-25-23/h1-17H,18H2. The fraction of sp³-hybridized carbons (Fsp3) is 0.0435. The molecular formula is C23H19NO. The predicted octanol–water partition coefficient (Wildman–Crippen LogP) is 6.34. The van der Waals surface area contributed by atoms with E-state index in [9.17, 15) is 0 Å². The highest BCUT2D eigenvalue weighted by molar-refractivity contribution is 5.76. The van der Waals surface area contributed by atoms with E-state index in [4.69, 9.17) is 4.42 Å². The average Bonchev–Trinajstić information content (AvgIpc) is 3.18. The number of benzene rings is 3. The average molecular weight is 325 g/mol. The largest absolute Gasteiger partial charge is 0.469 e. The second kappa shape index (κ2) is 7.10. The molecule has 1 aromatic heterocycles. The summed E-state index contributed by atoms with van der Waals surface area (Å²) in [5, 5.41) is 0. The molecule has 0 saturated carbocycles. The van der Waals surface area contributed by atoms with Crippen molar-refractivity contribution in [3.63, 3.8) is 0 Å². The van der Waals surface area contributed by atoms with Crippen molar-refractivity contribution in [1.82, 2.24) is 0 Å². The van der Waals surface area contributed by atoms with Crippen LogP contribution in [0.5, 0.6) is 0 Å². The fourth-order valence-corrected chi connectivity index (χ4v) is 2.98. The summed E-state index contributed by atoms with van der Waals surface area (Å²) in [6.45, 7) is 0. The minimum absolute atomic E-state index is 0.809. The molecule has 4 rings (SSSR count). The van der Waals surface area contributed by atoms with Crippen LogP contribution in [0.3, 0.4) is 0 Å². The van der Waals surface area contributed by atoms with E-state index in [-0.39, 0.29) is 0 Å². The Morgan fingerprint density at radius 1 is 0.560 bits per heavy atom. The number of furan rings is 1. The van der Waals surface area contributed by atoms with Crippen LogP contribution in [-0.2, 0) is 6.42 Å². The number of hydrogen-bond acceptors (Lipinski definition) is 2. The van der Waals surface area contributed by atoms with E-state index in [1.54, 1.807) is 6.26 Å². The highest BCUT2D eigenvalue weighted by Gasteiger charge is 2.11. The topological polar surface area (TPSA) is 16.4 Å². The van der Waals surface area contributed by atoms with Crippen LogP contribution in [0.15, 0.2) is 108 Å². The third-order valence-corrected chi connectivity index (χ3v) is 4.18. The summed E-state index contributed by atoms with van der Waals surface area (Å²) in [7, 11) is 0. The van der Waals surface area contributed by atoms with Crippen LogP contribution in [0, 0.1) is 0 Å². The summed E-state index contributed by atoms with van der Waals surface area (Å²) in [6, 6.07) is 33.5. The van der Waals surface area contributed by atoms with Crippen LogP contribution in [0.1, 0.15) is 11.3 Å². The Morgan fingerprint density at radius 2 is 1.12 bits per heavy atom. The molecule has 0 aliphatic carbocycles. The van der Waals surface area contributed by atoms with E-state index >= 15 is 0 Å². The maximum Gasteiger partial charge on any atom is 0.108 e.